The number of benzene rings is 1. The first-order valence-electron chi connectivity index (χ1n) is 8.14. The van der Waals surface area contributed by atoms with Crippen molar-refractivity contribution in [1.29, 1.82) is 0 Å². The van der Waals surface area contributed by atoms with E-state index in [1.165, 1.54) is 0 Å². The van der Waals surface area contributed by atoms with E-state index in [0.717, 1.165) is 30.0 Å². The molecular formula is C18H26N4O2. The quantitative estimate of drug-likeness (QED) is 0.806. The van der Waals surface area contributed by atoms with Crippen LogP contribution in [0.15, 0.2) is 30.3 Å². The van der Waals surface area contributed by atoms with Gasteiger partial charge < -0.3 is 14.5 Å². The molecule has 0 saturated carbocycles. The standard InChI is InChI=1S/C18H26N4O2/c1-5-15-12-17(20-19-15)18(23)22(10-9-21(2)3)13-14-7-6-8-16(11-14)24-4/h6-8,11-12H,5,9-10,13H2,1-4H3,(H,19,20). The van der Waals surface area contributed by atoms with Gasteiger partial charge in [0.25, 0.3) is 5.91 Å². The third-order valence-corrected chi connectivity index (χ3v) is 3.84. The number of rotatable bonds is 8. The van der Waals surface area contributed by atoms with Crippen LogP contribution >= 0.6 is 0 Å². The van der Waals surface area contributed by atoms with Crippen LogP contribution in [0.1, 0.15) is 28.7 Å². The van der Waals surface area contributed by atoms with Crippen molar-refractivity contribution in [2.45, 2.75) is 19.9 Å². The molecule has 1 N–H and O–H groups in total. The Balaban J connectivity index is 2.17. The molecule has 0 aliphatic rings. The van der Waals surface area contributed by atoms with Crippen molar-refractivity contribution in [2.24, 2.45) is 0 Å². The number of nitrogens with one attached hydrogen (secondary N) is 1. The molecule has 6 nitrogen and oxygen atoms in total. The highest BCUT2D eigenvalue weighted by Gasteiger charge is 2.19. The van der Waals surface area contributed by atoms with E-state index in [2.05, 4.69) is 15.1 Å². The van der Waals surface area contributed by atoms with Crippen molar-refractivity contribution < 1.29 is 9.53 Å². The van der Waals surface area contributed by atoms with E-state index < -0.39 is 0 Å². The topological polar surface area (TPSA) is 61.5 Å². The summed E-state index contributed by atoms with van der Waals surface area (Å²) in [6, 6.07) is 9.62. The molecule has 2 aromatic rings. The molecule has 0 aliphatic carbocycles. The minimum Gasteiger partial charge on any atom is -0.497 e. The zero-order valence-electron chi connectivity index (χ0n) is 14.9. The SMILES string of the molecule is CCc1cc(C(=O)N(CCN(C)C)Cc2cccc(OC)c2)n[nH]1. The van der Waals surface area contributed by atoms with Crippen molar-refractivity contribution in [3.8, 4) is 5.75 Å². The number of hydrogen-bond donors (Lipinski definition) is 1. The maximum atomic E-state index is 12.8. The normalized spacial score (nSPS) is 10.9. The second-order valence-electron chi connectivity index (χ2n) is 6.01. The summed E-state index contributed by atoms with van der Waals surface area (Å²) in [5.74, 6) is 0.733. The fourth-order valence-corrected chi connectivity index (χ4v) is 2.38. The summed E-state index contributed by atoms with van der Waals surface area (Å²) in [7, 11) is 5.64. The maximum Gasteiger partial charge on any atom is 0.274 e. The Hall–Kier alpha value is -2.34. The summed E-state index contributed by atoms with van der Waals surface area (Å²) in [6.07, 6.45) is 0.827. The maximum absolute atomic E-state index is 12.8. The highest BCUT2D eigenvalue weighted by Crippen LogP contribution is 2.16. The highest BCUT2D eigenvalue weighted by molar-refractivity contribution is 5.92. The molecule has 0 radical (unpaired) electrons. The Kier molecular flexibility index (Phi) is 6.37. The first-order chi connectivity index (χ1) is 11.5. The van der Waals surface area contributed by atoms with Crippen LogP contribution in [-0.4, -0.2) is 60.2 Å². The van der Waals surface area contributed by atoms with Crippen molar-refractivity contribution >= 4 is 5.91 Å². The number of amides is 1. The third-order valence-electron chi connectivity index (χ3n) is 3.84. The number of ether oxygens (including phenoxy) is 1. The fourth-order valence-electron chi connectivity index (χ4n) is 2.38. The number of nitrogens with zero attached hydrogens (tertiary/aromatic N) is 3. The van der Waals surface area contributed by atoms with E-state index in [9.17, 15) is 4.79 Å². The van der Waals surface area contributed by atoms with Crippen LogP contribution in [0.2, 0.25) is 0 Å². The molecule has 0 aliphatic heterocycles. The molecule has 0 atom stereocenters. The molecule has 6 heteroatoms. The highest BCUT2D eigenvalue weighted by atomic mass is 16.5. The number of aryl methyl sites for hydroxylation is 1. The Morgan fingerprint density at radius 2 is 2.04 bits per heavy atom. The summed E-state index contributed by atoms with van der Waals surface area (Å²) < 4.78 is 5.27. The van der Waals surface area contributed by atoms with Crippen LogP contribution in [-0.2, 0) is 13.0 Å². The molecule has 0 unspecified atom stereocenters. The van der Waals surface area contributed by atoms with Gasteiger partial charge in [0.2, 0.25) is 0 Å². The summed E-state index contributed by atoms with van der Waals surface area (Å²) in [4.78, 5) is 16.7. The number of likely N-dealkylation sites (N-methyl/N-ethyl adjacent to an activating group) is 1. The summed E-state index contributed by atoms with van der Waals surface area (Å²) in [6.45, 7) is 3.98. The Morgan fingerprint density at radius 3 is 2.67 bits per heavy atom. The van der Waals surface area contributed by atoms with Gasteiger partial charge in [-0.2, -0.15) is 5.10 Å². The molecule has 1 heterocycles. The molecule has 24 heavy (non-hydrogen) atoms. The van der Waals surface area contributed by atoms with E-state index in [4.69, 9.17) is 4.74 Å². The fraction of sp³-hybridized carbons (Fsp3) is 0.444. The van der Waals surface area contributed by atoms with Gasteiger partial charge in [-0.1, -0.05) is 19.1 Å². The zero-order chi connectivity index (χ0) is 17.5. The Bertz CT molecular complexity index is 667. The number of carbonyl (C=O) groups is 1. The number of aromatic amines is 1. The van der Waals surface area contributed by atoms with Gasteiger partial charge in [-0.25, -0.2) is 0 Å². The predicted octanol–water partition coefficient (Wildman–Crippen LogP) is 2.18. The summed E-state index contributed by atoms with van der Waals surface area (Å²) in [5.41, 5.74) is 2.47. The van der Waals surface area contributed by atoms with E-state index in [-0.39, 0.29) is 5.91 Å². The minimum absolute atomic E-state index is 0.0596. The van der Waals surface area contributed by atoms with Crippen molar-refractivity contribution in [3.63, 3.8) is 0 Å². The van der Waals surface area contributed by atoms with E-state index in [1.807, 2.05) is 56.3 Å². The average Bonchev–Trinajstić information content (AvgIpc) is 3.07. The third kappa shape index (κ3) is 4.83. The molecule has 0 saturated heterocycles. The van der Waals surface area contributed by atoms with Crippen LogP contribution < -0.4 is 4.74 Å². The molecule has 2 rings (SSSR count). The second kappa shape index (κ2) is 8.49. The van der Waals surface area contributed by atoms with E-state index >= 15 is 0 Å². The number of hydrogen-bond acceptors (Lipinski definition) is 4. The van der Waals surface area contributed by atoms with E-state index in [1.54, 1.807) is 7.11 Å². The number of methoxy groups -OCH3 is 1. The summed E-state index contributed by atoms with van der Waals surface area (Å²) in [5, 5.41) is 7.07. The van der Waals surface area contributed by atoms with Gasteiger partial charge in [-0.3, -0.25) is 9.89 Å². The molecule has 0 bridgehead atoms. The lowest BCUT2D eigenvalue weighted by Crippen LogP contribution is -2.36. The first kappa shape index (κ1) is 18.0. The Labute approximate surface area is 143 Å². The smallest absolute Gasteiger partial charge is 0.274 e. The lowest BCUT2D eigenvalue weighted by Gasteiger charge is -2.24. The second-order valence-corrected chi connectivity index (χ2v) is 6.01. The van der Waals surface area contributed by atoms with Crippen LogP contribution in [0.4, 0.5) is 0 Å². The van der Waals surface area contributed by atoms with E-state index in [0.29, 0.717) is 18.8 Å². The lowest BCUT2D eigenvalue weighted by atomic mass is 10.2. The van der Waals surface area contributed by atoms with Crippen LogP contribution in [0.3, 0.4) is 0 Å². The largest absolute Gasteiger partial charge is 0.497 e. The van der Waals surface area contributed by atoms with Gasteiger partial charge in [-0.15, -0.1) is 0 Å². The van der Waals surface area contributed by atoms with Crippen LogP contribution in [0.5, 0.6) is 5.75 Å². The zero-order valence-corrected chi connectivity index (χ0v) is 14.9. The molecule has 0 spiro atoms. The Morgan fingerprint density at radius 1 is 1.25 bits per heavy atom. The van der Waals surface area contributed by atoms with Gasteiger partial charge in [0.05, 0.1) is 7.11 Å². The van der Waals surface area contributed by atoms with Crippen molar-refractivity contribution in [3.05, 3.63) is 47.3 Å². The summed E-state index contributed by atoms with van der Waals surface area (Å²) >= 11 is 0. The van der Waals surface area contributed by atoms with Gasteiger partial charge >= 0.3 is 0 Å². The van der Waals surface area contributed by atoms with Crippen LogP contribution in [0, 0.1) is 0 Å². The lowest BCUT2D eigenvalue weighted by molar-refractivity contribution is 0.0726. The molecule has 0 fully saturated rings. The van der Waals surface area contributed by atoms with Gasteiger partial charge in [0.15, 0.2) is 0 Å². The monoisotopic (exact) mass is 330 g/mol. The molecule has 1 aromatic heterocycles. The molecule has 1 aromatic carbocycles. The predicted molar refractivity (Wildman–Crippen MR) is 94.3 cm³/mol. The van der Waals surface area contributed by atoms with Crippen molar-refractivity contribution in [1.82, 2.24) is 20.0 Å². The van der Waals surface area contributed by atoms with Gasteiger partial charge in [-0.05, 0) is 44.3 Å². The van der Waals surface area contributed by atoms with Gasteiger partial charge in [0, 0.05) is 25.3 Å². The minimum atomic E-state index is -0.0596. The number of carbonyl (C=O) groups excluding carboxylic acids is 1. The molecule has 1 amide bonds. The molecule has 130 valence electrons. The van der Waals surface area contributed by atoms with Crippen LogP contribution in [0.25, 0.3) is 0 Å². The van der Waals surface area contributed by atoms with Gasteiger partial charge in [0.1, 0.15) is 11.4 Å². The molecular weight excluding hydrogens is 304 g/mol. The first-order valence-corrected chi connectivity index (χ1v) is 8.14. The average molecular weight is 330 g/mol. The number of aromatic nitrogens is 2. The number of H-pyrrole nitrogens is 1. The van der Waals surface area contributed by atoms with Crippen molar-refractivity contribution in [2.75, 3.05) is 34.3 Å².